The Morgan fingerprint density at radius 2 is 2.10 bits per heavy atom. The van der Waals surface area contributed by atoms with Crippen LogP contribution in [-0.2, 0) is 13.8 Å². The summed E-state index contributed by atoms with van der Waals surface area (Å²) in [5.41, 5.74) is 0. The standard InChI is InChI=1S/C14H21ClO5S/c1-4-6-7-11(5-2)9-19-14(16)12-8-13(10(3)20-12)21(15,17)18/h8,11H,4-7,9H2,1-3H3. The van der Waals surface area contributed by atoms with Crippen LogP contribution in [0.2, 0.25) is 0 Å². The number of hydrogen-bond donors (Lipinski definition) is 0. The highest BCUT2D eigenvalue weighted by molar-refractivity contribution is 8.13. The van der Waals surface area contributed by atoms with Crippen molar-refractivity contribution in [3.63, 3.8) is 0 Å². The van der Waals surface area contributed by atoms with Crippen LogP contribution in [0.5, 0.6) is 0 Å². The van der Waals surface area contributed by atoms with Gasteiger partial charge in [0.2, 0.25) is 5.76 Å². The van der Waals surface area contributed by atoms with Gasteiger partial charge in [-0.1, -0.05) is 33.1 Å². The second kappa shape index (κ2) is 7.84. The Hall–Kier alpha value is -1.01. The van der Waals surface area contributed by atoms with E-state index in [1.54, 1.807) is 0 Å². The van der Waals surface area contributed by atoms with E-state index >= 15 is 0 Å². The third-order valence-corrected chi connectivity index (χ3v) is 4.76. The Morgan fingerprint density at radius 1 is 1.43 bits per heavy atom. The van der Waals surface area contributed by atoms with Crippen LogP contribution in [0, 0.1) is 12.8 Å². The molecule has 1 rings (SSSR count). The van der Waals surface area contributed by atoms with E-state index < -0.39 is 15.0 Å². The number of halogens is 1. The molecule has 7 heteroatoms. The number of unbranched alkanes of at least 4 members (excludes halogenated alkanes) is 1. The fourth-order valence-electron chi connectivity index (χ4n) is 1.97. The number of furan rings is 1. The maximum Gasteiger partial charge on any atom is 0.374 e. The molecule has 1 heterocycles. The number of carbonyl (C=O) groups excluding carboxylic acids is 1. The van der Waals surface area contributed by atoms with E-state index in [1.807, 2.05) is 6.92 Å². The Kier molecular flexibility index (Phi) is 6.74. The Labute approximate surface area is 130 Å². The molecule has 1 aromatic heterocycles. The van der Waals surface area contributed by atoms with Gasteiger partial charge in [0.25, 0.3) is 9.05 Å². The van der Waals surface area contributed by atoms with Crippen molar-refractivity contribution in [1.29, 1.82) is 0 Å². The number of ether oxygens (including phenoxy) is 1. The predicted octanol–water partition coefficient (Wildman–Crippen LogP) is 3.89. The van der Waals surface area contributed by atoms with E-state index in [0.717, 1.165) is 31.7 Å². The lowest BCUT2D eigenvalue weighted by molar-refractivity contribution is 0.0391. The van der Waals surface area contributed by atoms with Crippen molar-refractivity contribution in [2.24, 2.45) is 5.92 Å². The number of carbonyl (C=O) groups is 1. The molecule has 0 spiro atoms. The van der Waals surface area contributed by atoms with Gasteiger partial charge in [-0.25, -0.2) is 13.2 Å². The first-order valence-electron chi connectivity index (χ1n) is 7.01. The van der Waals surface area contributed by atoms with E-state index in [2.05, 4.69) is 6.92 Å². The molecule has 0 bridgehead atoms. The van der Waals surface area contributed by atoms with Crippen LogP contribution >= 0.6 is 10.7 Å². The summed E-state index contributed by atoms with van der Waals surface area (Å²) in [5.74, 6) is -0.423. The molecule has 0 aliphatic carbocycles. The number of esters is 1. The highest BCUT2D eigenvalue weighted by atomic mass is 35.7. The van der Waals surface area contributed by atoms with Gasteiger partial charge in [-0.3, -0.25) is 0 Å². The monoisotopic (exact) mass is 336 g/mol. The molecule has 21 heavy (non-hydrogen) atoms. The minimum Gasteiger partial charge on any atom is -0.460 e. The molecule has 0 aliphatic heterocycles. The average molecular weight is 337 g/mol. The van der Waals surface area contributed by atoms with Crippen molar-refractivity contribution in [3.8, 4) is 0 Å². The molecule has 0 saturated carbocycles. The summed E-state index contributed by atoms with van der Waals surface area (Å²) in [6.45, 7) is 5.89. The molecule has 0 fully saturated rings. The van der Waals surface area contributed by atoms with Crippen molar-refractivity contribution in [1.82, 2.24) is 0 Å². The maximum atomic E-state index is 11.9. The number of aryl methyl sites for hydroxylation is 1. The zero-order chi connectivity index (χ0) is 16.0. The Morgan fingerprint density at radius 3 is 2.57 bits per heavy atom. The van der Waals surface area contributed by atoms with Crippen molar-refractivity contribution in [3.05, 3.63) is 17.6 Å². The van der Waals surface area contributed by atoms with Gasteiger partial charge in [0.1, 0.15) is 10.7 Å². The van der Waals surface area contributed by atoms with E-state index in [-0.39, 0.29) is 16.4 Å². The first kappa shape index (κ1) is 18.0. The zero-order valence-corrected chi connectivity index (χ0v) is 14.1. The maximum absolute atomic E-state index is 11.9. The minimum atomic E-state index is -3.92. The Bertz CT molecular complexity index is 576. The molecule has 0 aromatic carbocycles. The largest absolute Gasteiger partial charge is 0.460 e. The molecule has 1 unspecified atom stereocenters. The normalized spacial score (nSPS) is 13.1. The Balaban J connectivity index is 2.68. The summed E-state index contributed by atoms with van der Waals surface area (Å²) in [7, 11) is 1.33. The lowest BCUT2D eigenvalue weighted by Gasteiger charge is -2.13. The average Bonchev–Trinajstić information content (AvgIpc) is 2.81. The van der Waals surface area contributed by atoms with Gasteiger partial charge >= 0.3 is 5.97 Å². The van der Waals surface area contributed by atoms with Crippen molar-refractivity contribution < 1.29 is 22.4 Å². The van der Waals surface area contributed by atoms with Crippen molar-refractivity contribution >= 4 is 25.7 Å². The quantitative estimate of drug-likeness (QED) is 0.532. The lowest BCUT2D eigenvalue weighted by Crippen LogP contribution is -2.13. The summed E-state index contributed by atoms with van der Waals surface area (Å²) >= 11 is 0. The summed E-state index contributed by atoms with van der Waals surface area (Å²) in [6, 6.07) is 1.10. The van der Waals surface area contributed by atoms with Crippen LogP contribution in [0.15, 0.2) is 15.4 Å². The molecule has 1 aromatic rings. The highest BCUT2D eigenvalue weighted by Crippen LogP contribution is 2.24. The third kappa shape index (κ3) is 5.36. The zero-order valence-electron chi connectivity index (χ0n) is 12.5. The molecule has 120 valence electrons. The van der Waals surface area contributed by atoms with E-state index in [9.17, 15) is 13.2 Å². The topological polar surface area (TPSA) is 73.6 Å². The minimum absolute atomic E-state index is 0.0787. The summed E-state index contributed by atoms with van der Waals surface area (Å²) < 4.78 is 32.8. The van der Waals surface area contributed by atoms with Gasteiger partial charge < -0.3 is 9.15 Å². The smallest absolute Gasteiger partial charge is 0.374 e. The second-order valence-electron chi connectivity index (χ2n) is 4.98. The molecule has 0 radical (unpaired) electrons. The molecule has 0 aliphatic rings. The van der Waals surface area contributed by atoms with Gasteiger partial charge in [-0.15, -0.1) is 0 Å². The van der Waals surface area contributed by atoms with Gasteiger partial charge in [-0.2, -0.15) is 0 Å². The molecular formula is C14H21ClO5S. The fourth-order valence-corrected chi connectivity index (χ4v) is 3.06. The fraction of sp³-hybridized carbons (Fsp3) is 0.643. The van der Waals surface area contributed by atoms with Crippen LogP contribution in [0.3, 0.4) is 0 Å². The van der Waals surface area contributed by atoms with Crippen molar-refractivity contribution in [2.45, 2.75) is 51.3 Å². The van der Waals surface area contributed by atoms with Crippen LogP contribution < -0.4 is 0 Å². The number of rotatable bonds is 8. The third-order valence-electron chi connectivity index (χ3n) is 3.33. The summed E-state index contributed by atoms with van der Waals surface area (Å²) in [4.78, 5) is 11.7. The van der Waals surface area contributed by atoms with Crippen LogP contribution in [0.25, 0.3) is 0 Å². The molecule has 5 nitrogen and oxygen atoms in total. The first-order chi connectivity index (χ1) is 9.79. The number of hydrogen-bond acceptors (Lipinski definition) is 5. The molecule has 0 saturated heterocycles. The SMILES string of the molecule is CCCCC(CC)COC(=O)c1cc(S(=O)(=O)Cl)c(C)o1. The predicted molar refractivity (Wildman–Crippen MR) is 80.1 cm³/mol. The molecular weight excluding hydrogens is 316 g/mol. The first-order valence-corrected chi connectivity index (χ1v) is 9.32. The van der Waals surface area contributed by atoms with Gasteiger partial charge in [0, 0.05) is 16.7 Å². The highest BCUT2D eigenvalue weighted by Gasteiger charge is 2.23. The van der Waals surface area contributed by atoms with Crippen LogP contribution in [0.4, 0.5) is 0 Å². The van der Waals surface area contributed by atoms with E-state index in [1.165, 1.54) is 6.92 Å². The molecule has 1 atom stereocenters. The van der Waals surface area contributed by atoms with Gasteiger partial charge in [-0.05, 0) is 19.3 Å². The molecule has 0 amide bonds. The summed E-state index contributed by atoms with van der Waals surface area (Å²) in [5, 5.41) is 0. The van der Waals surface area contributed by atoms with Crippen molar-refractivity contribution in [2.75, 3.05) is 6.61 Å². The van der Waals surface area contributed by atoms with Gasteiger partial charge in [0.15, 0.2) is 0 Å². The summed E-state index contributed by atoms with van der Waals surface area (Å²) in [6.07, 6.45) is 4.11. The second-order valence-corrected chi connectivity index (χ2v) is 7.52. The lowest BCUT2D eigenvalue weighted by atomic mass is 10.0. The van der Waals surface area contributed by atoms with E-state index in [4.69, 9.17) is 19.8 Å². The van der Waals surface area contributed by atoms with Crippen LogP contribution in [-0.4, -0.2) is 21.0 Å². The van der Waals surface area contributed by atoms with E-state index in [0.29, 0.717) is 12.5 Å². The molecule has 0 N–H and O–H groups in total. The van der Waals surface area contributed by atoms with Crippen LogP contribution in [0.1, 0.15) is 55.8 Å². The van der Waals surface area contributed by atoms with Gasteiger partial charge in [0.05, 0.1) is 6.61 Å².